The van der Waals surface area contributed by atoms with Gasteiger partial charge < -0.3 is 9.73 Å². The molecule has 4 rings (SSSR count). The van der Waals surface area contributed by atoms with Gasteiger partial charge in [0.05, 0.1) is 11.2 Å². The van der Waals surface area contributed by atoms with Gasteiger partial charge in [0.15, 0.2) is 0 Å². The molecule has 0 saturated carbocycles. The van der Waals surface area contributed by atoms with Crippen molar-refractivity contribution in [2.75, 3.05) is 24.5 Å². The normalized spacial score (nSPS) is 19.0. The molecule has 2 amide bonds. The van der Waals surface area contributed by atoms with Crippen LogP contribution < -0.4 is 10.2 Å². The molecule has 9 heteroatoms. The van der Waals surface area contributed by atoms with E-state index in [-0.39, 0.29) is 29.6 Å². The summed E-state index contributed by atoms with van der Waals surface area (Å²) in [5.41, 5.74) is 1.32. The molecule has 0 spiro atoms. The average Bonchev–Trinajstić information content (AvgIpc) is 3.46. The molecule has 2 aliphatic rings. The van der Waals surface area contributed by atoms with Crippen molar-refractivity contribution in [1.29, 1.82) is 0 Å². The molecule has 2 aliphatic heterocycles. The highest BCUT2D eigenvalue weighted by Gasteiger charge is 2.38. The molecule has 1 unspecified atom stereocenters. The minimum atomic E-state index is -3.58. The summed E-state index contributed by atoms with van der Waals surface area (Å²) in [5, 5.41) is 2.88. The van der Waals surface area contributed by atoms with Crippen LogP contribution in [0.3, 0.4) is 0 Å². The average molecular weight is 460 g/mol. The van der Waals surface area contributed by atoms with Gasteiger partial charge in [-0.1, -0.05) is 13.3 Å². The smallest absolute Gasteiger partial charge is 0.243 e. The number of hydrogen-bond acceptors (Lipinski definition) is 5. The number of benzene rings is 1. The number of carbonyl (C=O) groups excluding carboxylic acids is 2. The van der Waals surface area contributed by atoms with E-state index >= 15 is 0 Å². The van der Waals surface area contributed by atoms with Crippen LogP contribution in [0.5, 0.6) is 0 Å². The van der Waals surface area contributed by atoms with Crippen LogP contribution in [0.15, 0.2) is 45.9 Å². The summed E-state index contributed by atoms with van der Waals surface area (Å²) >= 11 is 0. The van der Waals surface area contributed by atoms with Crippen LogP contribution in [0.25, 0.3) is 0 Å². The van der Waals surface area contributed by atoms with Crippen LogP contribution in [-0.2, 0) is 32.5 Å². The number of carbonyl (C=O) groups is 2. The zero-order chi connectivity index (χ0) is 22.7. The lowest BCUT2D eigenvalue weighted by Crippen LogP contribution is -2.48. The largest absolute Gasteiger partial charge is 0.469 e. The van der Waals surface area contributed by atoms with Gasteiger partial charge >= 0.3 is 0 Å². The number of furan rings is 1. The molecular formula is C23H29N3O5S. The Kier molecular flexibility index (Phi) is 6.66. The minimum absolute atomic E-state index is 0.165. The van der Waals surface area contributed by atoms with Crippen LogP contribution in [0.4, 0.5) is 5.69 Å². The highest BCUT2D eigenvalue weighted by Crippen LogP contribution is 2.35. The molecule has 172 valence electrons. The van der Waals surface area contributed by atoms with Crippen molar-refractivity contribution in [3.8, 4) is 0 Å². The number of fused-ring (bicyclic) bond motifs is 1. The quantitative estimate of drug-likeness (QED) is 0.686. The highest BCUT2D eigenvalue weighted by atomic mass is 32.2. The van der Waals surface area contributed by atoms with E-state index in [1.165, 1.54) is 9.21 Å². The zero-order valence-electron chi connectivity index (χ0n) is 18.2. The van der Waals surface area contributed by atoms with Crippen LogP contribution >= 0.6 is 0 Å². The predicted octanol–water partition coefficient (Wildman–Crippen LogP) is 2.48. The van der Waals surface area contributed by atoms with Gasteiger partial charge in [-0.25, -0.2) is 8.42 Å². The van der Waals surface area contributed by atoms with E-state index in [4.69, 9.17) is 4.42 Å². The molecule has 0 aliphatic carbocycles. The first-order chi connectivity index (χ1) is 15.4. The monoisotopic (exact) mass is 459 g/mol. The fourth-order valence-electron chi connectivity index (χ4n) is 4.41. The van der Waals surface area contributed by atoms with Crippen LogP contribution in [-0.4, -0.2) is 50.2 Å². The van der Waals surface area contributed by atoms with Gasteiger partial charge in [0, 0.05) is 44.6 Å². The fourth-order valence-corrected chi connectivity index (χ4v) is 5.98. The van der Waals surface area contributed by atoms with Crippen molar-refractivity contribution >= 4 is 27.5 Å². The van der Waals surface area contributed by atoms with Crippen molar-refractivity contribution < 1.29 is 22.4 Å². The van der Waals surface area contributed by atoms with E-state index in [0.717, 1.165) is 25.0 Å². The summed E-state index contributed by atoms with van der Waals surface area (Å²) in [6, 6.07) is 7.79. The number of sulfonamides is 1. The third-order valence-electron chi connectivity index (χ3n) is 6.11. The van der Waals surface area contributed by atoms with Crippen molar-refractivity contribution in [1.82, 2.24) is 9.62 Å². The van der Waals surface area contributed by atoms with Gasteiger partial charge in [-0.05, 0) is 48.7 Å². The van der Waals surface area contributed by atoms with Crippen LogP contribution in [0.1, 0.15) is 43.9 Å². The molecule has 0 bridgehead atoms. The molecule has 1 fully saturated rings. The molecule has 8 nitrogen and oxygen atoms in total. The first kappa shape index (κ1) is 22.5. The minimum Gasteiger partial charge on any atom is -0.469 e. The highest BCUT2D eigenvalue weighted by molar-refractivity contribution is 7.89. The molecule has 1 N–H and O–H groups in total. The lowest BCUT2D eigenvalue weighted by Gasteiger charge is -2.26. The van der Waals surface area contributed by atoms with Gasteiger partial charge in [-0.15, -0.1) is 0 Å². The van der Waals surface area contributed by atoms with E-state index in [2.05, 4.69) is 5.32 Å². The second-order valence-corrected chi connectivity index (χ2v) is 10.2. The molecule has 32 heavy (non-hydrogen) atoms. The van der Waals surface area contributed by atoms with Gasteiger partial charge in [0.1, 0.15) is 11.8 Å². The Labute approximate surface area is 188 Å². The van der Waals surface area contributed by atoms with Crippen LogP contribution in [0.2, 0.25) is 0 Å². The Hall–Kier alpha value is -2.65. The molecule has 0 radical (unpaired) electrons. The summed E-state index contributed by atoms with van der Waals surface area (Å²) in [6.45, 7) is 3.20. The van der Waals surface area contributed by atoms with E-state index in [1.807, 2.05) is 6.07 Å². The molecule has 1 saturated heterocycles. The van der Waals surface area contributed by atoms with Crippen molar-refractivity contribution in [2.45, 2.75) is 56.4 Å². The molecular weight excluding hydrogens is 430 g/mol. The lowest BCUT2D eigenvalue weighted by molar-refractivity contribution is -0.126. The lowest BCUT2D eigenvalue weighted by atomic mass is 10.1. The van der Waals surface area contributed by atoms with Crippen molar-refractivity contribution in [3.05, 3.63) is 47.9 Å². The molecule has 2 aromatic rings. The summed E-state index contributed by atoms with van der Waals surface area (Å²) in [6.07, 6.45) is 5.45. The Morgan fingerprint density at radius 1 is 1.16 bits per heavy atom. The number of nitrogens with zero attached hydrogens (tertiary/aromatic N) is 2. The predicted molar refractivity (Wildman–Crippen MR) is 120 cm³/mol. The van der Waals surface area contributed by atoms with Crippen molar-refractivity contribution in [2.24, 2.45) is 0 Å². The number of hydrogen-bond donors (Lipinski definition) is 1. The standard InChI is InChI=1S/C23H29N3O5S/c1-2-22(27)26-20-9-8-19(32(29,30)25-12-4-3-5-13-25)15-17(20)16-21(26)23(28)24-11-10-18-7-6-14-31-18/h6-9,14-15,21H,2-5,10-13,16H2,1H3,(H,24,28). The van der Waals surface area contributed by atoms with Gasteiger partial charge in [-0.3, -0.25) is 14.5 Å². The van der Waals surface area contributed by atoms with Crippen molar-refractivity contribution in [3.63, 3.8) is 0 Å². The van der Waals surface area contributed by atoms with Crippen LogP contribution in [0, 0.1) is 0 Å². The molecule has 3 heterocycles. The third kappa shape index (κ3) is 4.45. The molecule has 1 aromatic heterocycles. The maximum atomic E-state index is 13.1. The van der Waals surface area contributed by atoms with E-state index < -0.39 is 16.1 Å². The third-order valence-corrected chi connectivity index (χ3v) is 8.01. The Balaban J connectivity index is 1.53. The topological polar surface area (TPSA) is 99.9 Å². The van der Waals surface area contributed by atoms with E-state index in [1.54, 1.807) is 37.5 Å². The maximum Gasteiger partial charge on any atom is 0.243 e. The summed E-state index contributed by atoms with van der Waals surface area (Å²) in [7, 11) is -3.58. The second-order valence-electron chi connectivity index (χ2n) is 8.21. The van der Waals surface area contributed by atoms with E-state index in [9.17, 15) is 18.0 Å². The summed E-state index contributed by atoms with van der Waals surface area (Å²) in [4.78, 5) is 27.4. The zero-order valence-corrected chi connectivity index (χ0v) is 19.1. The first-order valence-electron chi connectivity index (χ1n) is 11.2. The van der Waals surface area contributed by atoms with Gasteiger partial charge in [-0.2, -0.15) is 4.31 Å². The summed E-state index contributed by atoms with van der Waals surface area (Å²) < 4.78 is 33.0. The SMILES string of the molecule is CCC(=O)N1c2ccc(S(=O)(=O)N3CCCCC3)cc2CC1C(=O)NCCc1ccco1. The van der Waals surface area contributed by atoms with E-state index in [0.29, 0.717) is 37.3 Å². The fraction of sp³-hybridized carbons (Fsp3) is 0.478. The number of rotatable bonds is 7. The Bertz CT molecular complexity index is 1080. The number of amides is 2. The molecule has 1 atom stereocenters. The first-order valence-corrected chi connectivity index (χ1v) is 12.6. The Morgan fingerprint density at radius 3 is 2.62 bits per heavy atom. The number of nitrogens with one attached hydrogen (secondary N) is 1. The second kappa shape index (κ2) is 9.46. The summed E-state index contributed by atoms with van der Waals surface area (Å²) in [5.74, 6) is 0.352. The number of piperidine rings is 1. The Morgan fingerprint density at radius 2 is 1.94 bits per heavy atom. The molecule has 1 aromatic carbocycles. The van der Waals surface area contributed by atoms with Gasteiger partial charge in [0.25, 0.3) is 0 Å². The number of anilines is 1. The maximum absolute atomic E-state index is 13.1. The van der Waals surface area contributed by atoms with Gasteiger partial charge in [0.2, 0.25) is 21.8 Å².